The van der Waals surface area contributed by atoms with Crippen LogP contribution in [0.5, 0.6) is 0 Å². The highest BCUT2D eigenvalue weighted by atomic mass is 16.3. The number of carbonyl (C=O) groups is 1. The number of aliphatic hydroxyl groups is 1. The molecule has 11 heteroatoms. The number of rotatable bonds is 13. The van der Waals surface area contributed by atoms with Crippen molar-refractivity contribution in [2.75, 3.05) is 13.1 Å². The number of nitrogens with zero attached hydrogens (tertiary/aromatic N) is 6. The number of hydrogen-bond acceptors (Lipinski definition) is 7. The molecule has 5 N–H and O–H groups in total. The first-order chi connectivity index (χ1) is 17.9. The number of unbranched alkanes of at least 4 members (excludes halogenated alkanes) is 2. The Labute approximate surface area is 218 Å². The van der Waals surface area contributed by atoms with E-state index in [2.05, 4.69) is 42.2 Å². The van der Waals surface area contributed by atoms with Crippen LogP contribution in [0.4, 0.5) is 0 Å². The van der Waals surface area contributed by atoms with Gasteiger partial charge in [-0.05, 0) is 68.4 Å². The summed E-state index contributed by atoms with van der Waals surface area (Å²) >= 11 is 0. The second kappa shape index (κ2) is 15.0. The average molecular weight is 510 g/mol. The number of aromatic amines is 1. The number of likely N-dealkylation sites (tertiary alicyclic amines) is 1. The maximum atomic E-state index is 12.3. The lowest BCUT2D eigenvalue weighted by Gasteiger charge is -2.34. The maximum absolute atomic E-state index is 12.3. The molecule has 2 heterocycles. The Hall–Kier alpha value is -3.44. The first kappa shape index (κ1) is 28.1. The van der Waals surface area contributed by atoms with E-state index in [4.69, 9.17) is 5.73 Å². The van der Waals surface area contributed by atoms with Crippen LogP contribution >= 0.6 is 0 Å². The normalized spacial score (nSPS) is 16.6. The van der Waals surface area contributed by atoms with Crippen molar-refractivity contribution >= 4 is 17.8 Å². The number of aliphatic hydroxyl groups excluding tert-OH is 1. The highest BCUT2D eigenvalue weighted by Crippen LogP contribution is 2.18. The molecule has 1 aliphatic rings. The molecule has 0 bridgehead atoms. The smallest absolute Gasteiger partial charge is 0.220 e. The number of aromatic nitrogens is 3. The van der Waals surface area contributed by atoms with Crippen LogP contribution < -0.4 is 11.1 Å². The van der Waals surface area contributed by atoms with E-state index in [1.54, 1.807) is 19.2 Å². The number of carbonyl (C=O) groups excluding carboxylic acids is 1. The molecule has 1 atom stereocenters. The molecule has 0 radical (unpaired) electrons. The molecular weight excluding hydrogens is 470 g/mol. The van der Waals surface area contributed by atoms with E-state index in [1.165, 1.54) is 0 Å². The molecule has 1 aromatic carbocycles. The molecular formula is C26H39N9O2. The van der Waals surface area contributed by atoms with E-state index in [0.717, 1.165) is 74.0 Å². The zero-order valence-corrected chi connectivity index (χ0v) is 21.8. The van der Waals surface area contributed by atoms with Crippen molar-refractivity contribution in [3.63, 3.8) is 0 Å². The number of nitrogens with one attached hydrogen (secondary N) is 2. The summed E-state index contributed by atoms with van der Waals surface area (Å²) in [7, 11) is 0. The fourth-order valence-corrected chi connectivity index (χ4v) is 4.28. The zero-order valence-electron chi connectivity index (χ0n) is 21.8. The Morgan fingerprint density at radius 2 is 2.14 bits per heavy atom. The molecule has 1 amide bonds. The SMILES string of the molecule is CC(N)=NN=NCc1cc(C)ccc1C=CC(O)N1CCC(NC(=O)CCCCCc2cn[nH]n2)CC1. The largest absolute Gasteiger partial charge is 0.386 e. The zero-order chi connectivity index (χ0) is 26.5. The van der Waals surface area contributed by atoms with Gasteiger partial charge in [0.25, 0.3) is 0 Å². The second-order valence-corrected chi connectivity index (χ2v) is 9.51. The van der Waals surface area contributed by atoms with Gasteiger partial charge in [-0.3, -0.25) is 9.69 Å². The third kappa shape index (κ3) is 10.2. The predicted octanol–water partition coefficient (Wildman–Crippen LogP) is 3.07. The van der Waals surface area contributed by atoms with Gasteiger partial charge in [-0.2, -0.15) is 20.5 Å². The van der Waals surface area contributed by atoms with Gasteiger partial charge in [0.2, 0.25) is 5.91 Å². The quantitative estimate of drug-likeness (QED) is 0.107. The molecule has 0 aliphatic carbocycles. The van der Waals surface area contributed by atoms with E-state index >= 15 is 0 Å². The molecule has 1 aromatic heterocycles. The van der Waals surface area contributed by atoms with Crippen molar-refractivity contribution in [3.8, 4) is 0 Å². The van der Waals surface area contributed by atoms with E-state index in [0.29, 0.717) is 18.8 Å². The Kier molecular flexibility index (Phi) is 11.4. The summed E-state index contributed by atoms with van der Waals surface area (Å²) in [4.78, 5) is 14.3. The summed E-state index contributed by atoms with van der Waals surface area (Å²) in [5, 5.41) is 35.9. The minimum atomic E-state index is -0.693. The van der Waals surface area contributed by atoms with Crippen molar-refractivity contribution in [2.24, 2.45) is 21.2 Å². The van der Waals surface area contributed by atoms with E-state index in [1.807, 2.05) is 30.0 Å². The molecule has 1 fully saturated rings. The molecule has 1 saturated heterocycles. The molecule has 200 valence electrons. The average Bonchev–Trinajstić information content (AvgIpc) is 3.39. The first-order valence-electron chi connectivity index (χ1n) is 12.9. The predicted molar refractivity (Wildman–Crippen MR) is 143 cm³/mol. The number of amidine groups is 1. The van der Waals surface area contributed by atoms with Gasteiger partial charge in [-0.25, -0.2) is 0 Å². The van der Waals surface area contributed by atoms with Gasteiger partial charge in [0.05, 0.1) is 18.4 Å². The fourth-order valence-electron chi connectivity index (χ4n) is 4.28. The molecule has 1 aliphatic heterocycles. The lowest BCUT2D eigenvalue weighted by Crippen LogP contribution is -2.47. The van der Waals surface area contributed by atoms with Gasteiger partial charge in [0.15, 0.2) is 0 Å². The third-order valence-corrected chi connectivity index (χ3v) is 6.32. The molecule has 11 nitrogen and oxygen atoms in total. The molecule has 1 unspecified atom stereocenters. The van der Waals surface area contributed by atoms with Crippen LogP contribution in [0, 0.1) is 6.92 Å². The van der Waals surface area contributed by atoms with Gasteiger partial charge in [-0.15, -0.1) is 5.10 Å². The van der Waals surface area contributed by atoms with Crippen molar-refractivity contribution in [1.29, 1.82) is 0 Å². The van der Waals surface area contributed by atoms with Crippen molar-refractivity contribution in [2.45, 2.75) is 77.6 Å². The number of hydrogen-bond donors (Lipinski definition) is 4. The van der Waals surface area contributed by atoms with Gasteiger partial charge < -0.3 is 16.2 Å². The number of amides is 1. The van der Waals surface area contributed by atoms with Gasteiger partial charge in [0.1, 0.15) is 12.1 Å². The third-order valence-electron chi connectivity index (χ3n) is 6.32. The van der Waals surface area contributed by atoms with Crippen LogP contribution in [-0.2, 0) is 17.8 Å². The number of H-pyrrole nitrogens is 1. The van der Waals surface area contributed by atoms with Crippen LogP contribution in [0.1, 0.15) is 67.8 Å². The number of benzene rings is 1. The summed E-state index contributed by atoms with van der Waals surface area (Å²) in [6, 6.07) is 6.25. The minimum Gasteiger partial charge on any atom is -0.386 e. The molecule has 3 rings (SSSR count). The highest BCUT2D eigenvalue weighted by molar-refractivity contribution is 5.77. The molecule has 2 aromatic rings. The summed E-state index contributed by atoms with van der Waals surface area (Å²) in [6.07, 6.45) is 10.7. The van der Waals surface area contributed by atoms with E-state index < -0.39 is 6.23 Å². The number of piperidine rings is 1. The lowest BCUT2D eigenvalue weighted by molar-refractivity contribution is -0.122. The van der Waals surface area contributed by atoms with Crippen molar-refractivity contribution in [3.05, 3.63) is 52.9 Å². The minimum absolute atomic E-state index is 0.108. The Morgan fingerprint density at radius 3 is 2.86 bits per heavy atom. The van der Waals surface area contributed by atoms with Crippen LogP contribution in [0.2, 0.25) is 0 Å². The molecule has 0 spiro atoms. The van der Waals surface area contributed by atoms with Crippen LogP contribution in [-0.4, -0.2) is 62.5 Å². The van der Waals surface area contributed by atoms with Crippen molar-refractivity contribution < 1.29 is 9.90 Å². The van der Waals surface area contributed by atoms with Crippen LogP contribution in [0.25, 0.3) is 6.08 Å². The summed E-state index contributed by atoms with van der Waals surface area (Å²) in [5.41, 5.74) is 9.53. The fraction of sp³-hybridized carbons (Fsp3) is 0.538. The standard InChI is InChI=1S/C26H39N9O2/c1-19-8-9-21(22(16-19)17-28-33-31-20(2)27)10-11-26(37)35-14-12-23(13-15-35)30-25(36)7-5-3-4-6-24-18-29-34-32-24/h8-11,16,18,23,26,37H,3-7,12-15,17H2,1-2H3,(H,30,36)(H2,27,28,31)(H,29,32,34). The second-order valence-electron chi connectivity index (χ2n) is 9.51. The van der Waals surface area contributed by atoms with Gasteiger partial charge in [0, 0.05) is 25.6 Å². The highest BCUT2D eigenvalue weighted by Gasteiger charge is 2.23. The topological polar surface area (TPSA) is 157 Å². The monoisotopic (exact) mass is 509 g/mol. The van der Waals surface area contributed by atoms with E-state index in [-0.39, 0.29) is 11.9 Å². The summed E-state index contributed by atoms with van der Waals surface area (Å²) in [6.45, 7) is 5.50. The number of nitrogens with two attached hydrogens (primary N) is 1. The van der Waals surface area contributed by atoms with Crippen LogP contribution in [0.15, 0.2) is 45.9 Å². The number of aryl methyl sites for hydroxylation is 2. The van der Waals surface area contributed by atoms with E-state index in [9.17, 15) is 9.90 Å². The van der Waals surface area contributed by atoms with Gasteiger partial charge in [-0.1, -0.05) is 36.3 Å². The Balaban J connectivity index is 1.38. The lowest BCUT2D eigenvalue weighted by atomic mass is 10.0. The molecule has 0 saturated carbocycles. The van der Waals surface area contributed by atoms with Crippen molar-refractivity contribution in [1.82, 2.24) is 25.6 Å². The molecule has 37 heavy (non-hydrogen) atoms. The van der Waals surface area contributed by atoms with Crippen LogP contribution in [0.3, 0.4) is 0 Å². The summed E-state index contributed by atoms with van der Waals surface area (Å²) < 4.78 is 0. The Bertz CT molecular complexity index is 1050. The summed E-state index contributed by atoms with van der Waals surface area (Å²) in [5.74, 6) is 0.464. The van der Waals surface area contributed by atoms with Gasteiger partial charge >= 0.3 is 0 Å². The first-order valence-corrected chi connectivity index (χ1v) is 12.9. The Morgan fingerprint density at radius 1 is 1.32 bits per heavy atom. The maximum Gasteiger partial charge on any atom is 0.220 e.